The van der Waals surface area contributed by atoms with Crippen LogP contribution < -0.4 is 4.90 Å². The number of rotatable bonds is 2. The third-order valence-corrected chi connectivity index (χ3v) is 3.38. The van der Waals surface area contributed by atoms with E-state index >= 15 is 0 Å². The van der Waals surface area contributed by atoms with Crippen molar-refractivity contribution in [1.29, 1.82) is 0 Å². The minimum absolute atomic E-state index is 1.02. The molecule has 1 aliphatic rings. The summed E-state index contributed by atoms with van der Waals surface area (Å²) in [7, 11) is 2.07. The number of benzene rings is 1. The minimum atomic E-state index is 1.02. The van der Waals surface area contributed by atoms with Gasteiger partial charge in [-0.25, -0.2) is 4.99 Å². The molecular formula is C16H20N2. The third kappa shape index (κ3) is 2.53. The summed E-state index contributed by atoms with van der Waals surface area (Å²) in [4.78, 5) is 6.85. The first-order valence-corrected chi connectivity index (χ1v) is 6.30. The van der Waals surface area contributed by atoms with Crippen molar-refractivity contribution in [2.45, 2.75) is 27.2 Å². The summed E-state index contributed by atoms with van der Waals surface area (Å²) >= 11 is 0. The second-order valence-corrected chi connectivity index (χ2v) is 4.78. The van der Waals surface area contributed by atoms with Crippen LogP contribution in [0.1, 0.15) is 25.8 Å². The van der Waals surface area contributed by atoms with Gasteiger partial charge in [0.05, 0.1) is 5.70 Å². The molecule has 0 amide bonds. The zero-order valence-electron chi connectivity index (χ0n) is 11.6. The van der Waals surface area contributed by atoms with Crippen molar-refractivity contribution in [3.8, 4) is 0 Å². The molecule has 94 valence electrons. The lowest BCUT2D eigenvalue weighted by Gasteiger charge is -2.21. The number of para-hydroxylation sites is 1. The molecule has 1 aliphatic carbocycles. The van der Waals surface area contributed by atoms with Gasteiger partial charge in [0.25, 0.3) is 0 Å². The number of allylic oxidation sites excluding steroid dienone is 3. The van der Waals surface area contributed by atoms with E-state index in [1.54, 1.807) is 0 Å². The molecule has 1 aromatic carbocycles. The monoisotopic (exact) mass is 240 g/mol. The van der Waals surface area contributed by atoms with Crippen LogP contribution in [0, 0.1) is 6.92 Å². The predicted octanol–water partition coefficient (Wildman–Crippen LogP) is 4.08. The molecule has 0 atom stereocenters. The second kappa shape index (κ2) is 5.21. The van der Waals surface area contributed by atoms with E-state index in [1.165, 1.54) is 16.8 Å². The fraction of sp³-hybridized carbons (Fsp3) is 0.312. The lowest BCUT2D eigenvalue weighted by Crippen LogP contribution is -2.24. The van der Waals surface area contributed by atoms with Crippen LogP contribution in [0.25, 0.3) is 0 Å². The van der Waals surface area contributed by atoms with Crippen LogP contribution in [0.5, 0.6) is 0 Å². The topological polar surface area (TPSA) is 15.6 Å². The smallest absolute Gasteiger partial charge is 0.106 e. The van der Waals surface area contributed by atoms with E-state index in [0.29, 0.717) is 0 Å². The van der Waals surface area contributed by atoms with E-state index in [1.807, 2.05) is 0 Å². The van der Waals surface area contributed by atoms with Gasteiger partial charge in [0, 0.05) is 12.7 Å². The molecule has 0 aromatic heterocycles. The molecule has 2 nitrogen and oxygen atoms in total. The molecule has 0 heterocycles. The number of aliphatic imine (C=N–C) groups is 1. The van der Waals surface area contributed by atoms with Gasteiger partial charge in [-0.2, -0.15) is 0 Å². The standard InChI is InChI=1S/C16H20N2/c1-12-9-7-10-15(12)17-14(3)18(4)16-11-6-5-8-13(16)2/h5-8,10-11H,9H2,1-4H3/b17-14+. The number of anilines is 1. The Hall–Kier alpha value is -1.83. The second-order valence-electron chi connectivity index (χ2n) is 4.78. The van der Waals surface area contributed by atoms with Gasteiger partial charge < -0.3 is 4.90 Å². The first-order valence-electron chi connectivity index (χ1n) is 6.30. The van der Waals surface area contributed by atoms with Crippen molar-refractivity contribution in [3.05, 3.63) is 53.3 Å². The fourth-order valence-corrected chi connectivity index (χ4v) is 2.09. The van der Waals surface area contributed by atoms with Crippen LogP contribution in [0.4, 0.5) is 5.69 Å². The highest BCUT2D eigenvalue weighted by atomic mass is 15.2. The highest BCUT2D eigenvalue weighted by Gasteiger charge is 2.09. The van der Waals surface area contributed by atoms with Gasteiger partial charge in [0.15, 0.2) is 0 Å². The molecule has 0 radical (unpaired) electrons. The Balaban J connectivity index is 2.27. The SMILES string of the molecule is CC1=C(/N=C(\C)N(C)c2ccccc2C)C=CC1. The molecule has 0 saturated carbocycles. The summed E-state index contributed by atoms with van der Waals surface area (Å²) in [6, 6.07) is 8.37. The van der Waals surface area contributed by atoms with Crippen molar-refractivity contribution in [2.24, 2.45) is 4.99 Å². The van der Waals surface area contributed by atoms with E-state index in [-0.39, 0.29) is 0 Å². The van der Waals surface area contributed by atoms with E-state index < -0.39 is 0 Å². The van der Waals surface area contributed by atoms with Crippen LogP contribution in [-0.4, -0.2) is 12.9 Å². The van der Waals surface area contributed by atoms with Crippen LogP contribution >= 0.6 is 0 Å². The van der Waals surface area contributed by atoms with Gasteiger partial charge in [0.1, 0.15) is 5.84 Å². The Bertz CT molecular complexity index is 536. The molecule has 0 fully saturated rings. The molecule has 0 aliphatic heterocycles. The average Bonchev–Trinajstić information content (AvgIpc) is 2.75. The lowest BCUT2D eigenvalue weighted by molar-refractivity contribution is 1.16. The van der Waals surface area contributed by atoms with Gasteiger partial charge >= 0.3 is 0 Å². The summed E-state index contributed by atoms with van der Waals surface area (Å²) in [5, 5.41) is 0. The molecular weight excluding hydrogens is 220 g/mol. The third-order valence-electron chi connectivity index (χ3n) is 3.38. The Morgan fingerprint density at radius 1 is 1.22 bits per heavy atom. The van der Waals surface area contributed by atoms with E-state index in [0.717, 1.165) is 18.0 Å². The maximum atomic E-state index is 4.71. The summed E-state index contributed by atoms with van der Waals surface area (Å²) < 4.78 is 0. The summed E-state index contributed by atoms with van der Waals surface area (Å²) in [5.74, 6) is 1.02. The molecule has 2 heteroatoms. The molecule has 0 saturated heterocycles. The molecule has 0 spiro atoms. The Kier molecular flexibility index (Phi) is 3.66. The van der Waals surface area contributed by atoms with Crippen LogP contribution in [-0.2, 0) is 0 Å². The van der Waals surface area contributed by atoms with Crippen LogP contribution in [0.2, 0.25) is 0 Å². The van der Waals surface area contributed by atoms with Crippen molar-refractivity contribution in [1.82, 2.24) is 0 Å². The summed E-state index contributed by atoms with van der Waals surface area (Å²) in [6.45, 7) is 6.32. The Morgan fingerprint density at radius 2 is 1.94 bits per heavy atom. The van der Waals surface area contributed by atoms with E-state index in [2.05, 4.69) is 69.1 Å². The normalized spacial score (nSPS) is 15.4. The predicted molar refractivity (Wildman–Crippen MR) is 79.1 cm³/mol. The van der Waals surface area contributed by atoms with Gasteiger partial charge in [-0.1, -0.05) is 24.3 Å². The largest absolute Gasteiger partial charge is 0.333 e. The number of hydrogen-bond acceptors (Lipinski definition) is 1. The van der Waals surface area contributed by atoms with Crippen molar-refractivity contribution in [2.75, 3.05) is 11.9 Å². The fourth-order valence-electron chi connectivity index (χ4n) is 2.09. The van der Waals surface area contributed by atoms with Gasteiger partial charge in [-0.3, -0.25) is 0 Å². The van der Waals surface area contributed by atoms with Gasteiger partial charge in [-0.05, 0) is 50.5 Å². The molecule has 2 rings (SSSR count). The van der Waals surface area contributed by atoms with Crippen molar-refractivity contribution < 1.29 is 0 Å². The van der Waals surface area contributed by atoms with Crippen LogP contribution in [0.3, 0.4) is 0 Å². The maximum absolute atomic E-state index is 4.71. The number of amidine groups is 1. The van der Waals surface area contributed by atoms with E-state index in [9.17, 15) is 0 Å². The first-order chi connectivity index (χ1) is 8.59. The number of nitrogens with zero attached hydrogens (tertiary/aromatic N) is 2. The van der Waals surface area contributed by atoms with Crippen molar-refractivity contribution >= 4 is 11.5 Å². The number of aryl methyl sites for hydroxylation is 1. The van der Waals surface area contributed by atoms with Gasteiger partial charge in [0.2, 0.25) is 0 Å². The highest BCUT2D eigenvalue weighted by molar-refractivity contribution is 5.96. The number of hydrogen-bond donors (Lipinski definition) is 0. The molecule has 1 aromatic rings. The molecule has 18 heavy (non-hydrogen) atoms. The van der Waals surface area contributed by atoms with Gasteiger partial charge in [-0.15, -0.1) is 0 Å². The average molecular weight is 240 g/mol. The zero-order valence-corrected chi connectivity index (χ0v) is 11.6. The quantitative estimate of drug-likeness (QED) is 0.561. The lowest BCUT2D eigenvalue weighted by atomic mass is 10.2. The maximum Gasteiger partial charge on any atom is 0.106 e. The summed E-state index contributed by atoms with van der Waals surface area (Å²) in [6.07, 6.45) is 5.29. The highest BCUT2D eigenvalue weighted by Crippen LogP contribution is 2.22. The molecule has 0 unspecified atom stereocenters. The first kappa shape index (κ1) is 12.6. The molecule has 0 N–H and O–H groups in total. The zero-order chi connectivity index (χ0) is 13.1. The van der Waals surface area contributed by atoms with Crippen LogP contribution in [0.15, 0.2) is 52.7 Å². The molecule has 0 bridgehead atoms. The van der Waals surface area contributed by atoms with E-state index in [4.69, 9.17) is 4.99 Å². The Morgan fingerprint density at radius 3 is 2.56 bits per heavy atom. The summed E-state index contributed by atoms with van der Waals surface area (Å²) in [5.41, 5.74) is 4.92. The van der Waals surface area contributed by atoms with Crippen molar-refractivity contribution in [3.63, 3.8) is 0 Å². The minimum Gasteiger partial charge on any atom is -0.333 e. The Labute approximate surface area is 109 Å².